The Morgan fingerprint density at radius 1 is 1.04 bits per heavy atom. The van der Waals surface area contributed by atoms with Crippen molar-refractivity contribution in [2.45, 2.75) is 19.4 Å². The molecule has 0 N–H and O–H groups in total. The number of aromatic nitrogens is 3. The van der Waals surface area contributed by atoms with Gasteiger partial charge in [0.1, 0.15) is 5.69 Å². The number of carbonyl (C=O) groups excluding carboxylic acids is 1. The van der Waals surface area contributed by atoms with Gasteiger partial charge in [0.2, 0.25) is 0 Å². The molecule has 5 nitrogen and oxygen atoms in total. The first-order valence-electron chi connectivity index (χ1n) is 8.42. The number of nitrogens with zero attached hydrogens (tertiary/aromatic N) is 4. The molecule has 5 heteroatoms. The van der Waals surface area contributed by atoms with E-state index in [2.05, 4.69) is 22.1 Å². The van der Waals surface area contributed by atoms with Crippen LogP contribution >= 0.6 is 0 Å². The molecule has 0 atom stereocenters. The number of benzene rings is 1. The Hall–Kier alpha value is -2.95. The molecule has 2 aromatic heterocycles. The van der Waals surface area contributed by atoms with Crippen molar-refractivity contribution in [1.82, 2.24) is 19.4 Å². The molecule has 3 rings (SSSR count). The van der Waals surface area contributed by atoms with Crippen LogP contribution in [0.15, 0.2) is 67.4 Å². The fourth-order valence-electron chi connectivity index (χ4n) is 2.80. The molecular weight excluding hydrogens is 312 g/mol. The third-order valence-electron chi connectivity index (χ3n) is 4.18. The summed E-state index contributed by atoms with van der Waals surface area (Å²) in [6, 6.07) is 14.2. The highest BCUT2D eigenvalue weighted by Crippen LogP contribution is 2.11. The molecule has 0 aliphatic carbocycles. The van der Waals surface area contributed by atoms with Gasteiger partial charge in [0.25, 0.3) is 5.91 Å². The third kappa shape index (κ3) is 4.53. The van der Waals surface area contributed by atoms with Crippen LogP contribution in [0, 0.1) is 0 Å². The van der Waals surface area contributed by atoms with E-state index in [0.29, 0.717) is 18.8 Å². The van der Waals surface area contributed by atoms with Crippen LogP contribution in [0.1, 0.15) is 28.0 Å². The van der Waals surface area contributed by atoms with Gasteiger partial charge in [0.15, 0.2) is 0 Å². The van der Waals surface area contributed by atoms with Gasteiger partial charge in [-0.05, 0) is 36.1 Å². The highest BCUT2D eigenvalue weighted by Gasteiger charge is 2.18. The number of hydrogen-bond acceptors (Lipinski definition) is 3. The molecule has 0 unspecified atom stereocenters. The smallest absolute Gasteiger partial charge is 0.272 e. The van der Waals surface area contributed by atoms with Crippen molar-refractivity contribution in [2.75, 3.05) is 6.54 Å². The zero-order valence-electron chi connectivity index (χ0n) is 14.4. The Morgan fingerprint density at radius 3 is 2.48 bits per heavy atom. The van der Waals surface area contributed by atoms with Crippen LogP contribution in [0.4, 0.5) is 0 Å². The van der Waals surface area contributed by atoms with Crippen LogP contribution in [-0.4, -0.2) is 31.9 Å². The van der Waals surface area contributed by atoms with Crippen molar-refractivity contribution in [2.24, 2.45) is 7.05 Å². The summed E-state index contributed by atoms with van der Waals surface area (Å²) < 4.78 is 1.76. The van der Waals surface area contributed by atoms with Gasteiger partial charge in [-0.25, -0.2) is 4.98 Å². The van der Waals surface area contributed by atoms with Gasteiger partial charge in [0, 0.05) is 32.5 Å². The predicted octanol–water partition coefficient (Wildman–Crippen LogP) is 3.09. The fraction of sp³-hybridized carbons (Fsp3) is 0.250. The first kappa shape index (κ1) is 16.9. The molecule has 0 saturated heterocycles. The van der Waals surface area contributed by atoms with Gasteiger partial charge in [-0.2, -0.15) is 0 Å². The average Bonchev–Trinajstić information content (AvgIpc) is 3.08. The van der Waals surface area contributed by atoms with Crippen LogP contribution in [-0.2, 0) is 20.0 Å². The molecule has 0 aliphatic heterocycles. The van der Waals surface area contributed by atoms with Crippen molar-refractivity contribution in [3.63, 3.8) is 0 Å². The largest absolute Gasteiger partial charge is 0.333 e. The summed E-state index contributed by atoms with van der Waals surface area (Å²) in [5, 5.41) is 0. The fourth-order valence-corrected chi connectivity index (χ4v) is 2.80. The number of aryl methyl sites for hydroxylation is 2. The van der Waals surface area contributed by atoms with E-state index in [1.54, 1.807) is 29.5 Å². The van der Waals surface area contributed by atoms with Crippen molar-refractivity contribution in [3.05, 3.63) is 84.2 Å². The summed E-state index contributed by atoms with van der Waals surface area (Å²) in [6.45, 7) is 1.27. The summed E-state index contributed by atoms with van der Waals surface area (Å²) in [4.78, 5) is 22.9. The minimum absolute atomic E-state index is 0.00451. The van der Waals surface area contributed by atoms with Crippen LogP contribution in [0.2, 0.25) is 0 Å². The number of imidazole rings is 1. The Labute approximate surface area is 148 Å². The minimum Gasteiger partial charge on any atom is -0.333 e. The maximum absolute atomic E-state index is 12.9. The lowest BCUT2D eigenvalue weighted by molar-refractivity contribution is 0.0731. The SMILES string of the molecule is Cn1cncc1C(=O)N(CCCc1ccccc1)Cc1ccncc1. The number of rotatable bonds is 7. The summed E-state index contributed by atoms with van der Waals surface area (Å²) in [6.07, 6.45) is 8.66. The van der Waals surface area contributed by atoms with E-state index < -0.39 is 0 Å². The van der Waals surface area contributed by atoms with Gasteiger partial charge >= 0.3 is 0 Å². The molecule has 0 bridgehead atoms. The molecule has 128 valence electrons. The van der Waals surface area contributed by atoms with E-state index in [-0.39, 0.29) is 5.91 Å². The third-order valence-corrected chi connectivity index (χ3v) is 4.18. The van der Waals surface area contributed by atoms with Gasteiger partial charge in [-0.15, -0.1) is 0 Å². The van der Waals surface area contributed by atoms with E-state index in [1.807, 2.05) is 42.3 Å². The van der Waals surface area contributed by atoms with Crippen LogP contribution in [0.3, 0.4) is 0 Å². The van der Waals surface area contributed by atoms with Crippen molar-refractivity contribution >= 4 is 5.91 Å². The van der Waals surface area contributed by atoms with Crippen molar-refractivity contribution in [1.29, 1.82) is 0 Å². The zero-order valence-corrected chi connectivity index (χ0v) is 14.4. The molecule has 1 amide bonds. The second kappa shape index (κ2) is 8.24. The van der Waals surface area contributed by atoms with E-state index in [1.165, 1.54) is 5.56 Å². The van der Waals surface area contributed by atoms with Gasteiger partial charge < -0.3 is 9.47 Å². The molecule has 25 heavy (non-hydrogen) atoms. The van der Waals surface area contributed by atoms with E-state index >= 15 is 0 Å². The van der Waals surface area contributed by atoms with Crippen molar-refractivity contribution < 1.29 is 4.79 Å². The second-order valence-corrected chi connectivity index (χ2v) is 6.06. The lowest BCUT2D eigenvalue weighted by Gasteiger charge is -2.23. The molecule has 0 aliphatic rings. The molecular formula is C20H22N4O. The van der Waals surface area contributed by atoms with Gasteiger partial charge in [-0.1, -0.05) is 30.3 Å². The van der Waals surface area contributed by atoms with Crippen LogP contribution in [0.5, 0.6) is 0 Å². The number of hydrogen-bond donors (Lipinski definition) is 0. The lowest BCUT2D eigenvalue weighted by Crippen LogP contribution is -2.33. The Kier molecular flexibility index (Phi) is 5.57. The number of carbonyl (C=O) groups is 1. The number of pyridine rings is 1. The predicted molar refractivity (Wildman–Crippen MR) is 96.9 cm³/mol. The summed E-state index contributed by atoms with van der Waals surface area (Å²) >= 11 is 0. The van der Waals surface area contributed by atoms with E-state index in [9.17, 15) is 4.79 Å². The summed E-state index contributed by atoms with van der Waals surface area (Å²) in [7, 11) is 1.84. The second-order valence-electron chi connectivity index (χ2n) is 6.06. The maximum atomic E-state index is 12.9. The molecule has 0 spiro atoms. The number of amides is 1. The highest BCUT2D eigenvalue weighted by atomic mass is 16.2. The first-order chi connectivity index (χ1) is 12.2. The molecule has 0 radical (unpaired) electrons. The topological polar surface area (TPSA) is 51.0 Å². The monoisotopic (exact) mass is 334 g/mol. The molecule has 1 aromatic carbocycles. The molecule has 0 fully saturated rings. The molecule has 3 aromatic rings. The van der Waals surface area contributed by atoms with Gasteiger partial charge in [-0.3, -0.25) is 9.78 Å². The van der Waals surface area contributed by atoms with Crippen LogP contribution < -0.4 is 0 Å². The molecule has 0 saturated carbocycles. The first-order valence-corrected chi connectivity index (χ1v) is 8.42. The van der Waals surface area contributed by atoms with E-state index in [4.69, 9.17) is 0 Å². The quantitative estimate of drug-likeness (QED) is 0.667. The normalized spacial score (nSPS) is 10.6. The Bertz CT molecular complexity index is 799. The van der Waals surface area contributed by atoms with Gasteiger partial charge in [0.05, 0.1) is 12.5 Å². The molecule has 2 heterocycles. The standard InChI is InChI=1S/C20H22N4O/c1-23-16-22-14-19(23)20(25)24(15-18-9-11-21-12-10-18)13-5-8-17-6-3-2-4-7-17/h2-4,6-7,9-12,14,16H,5,8,13,15H2,1H3. The Morgan fingerprint density at radius 2 is 1.80 bits per heavy atom. The Balaban J connectivity index is 1.70. The maximum Gasteiger partial charge on any atom is 0.272 e. The van der Waals surface area contributed by atoms with E-state index in [0.717, 1.165) is 18.4 Å². The highest BCUT2D eigenvalue weighted by molar-refractivity contribution is 5.92. The van der Waals surface area contributed by atoms with Crippen LogP contribution in [0.25, 0.3) is 0 Å². The minimum atomic E-state index is 0.00451. The zero-order chi connectivity index (χ0) is 17.5. The summed E-state index contributed by atoms with van der Waals surface area (Å²) in [5.74, 6) is 0.00451. The van der Waals surface area contributed by atoms with Crippen molar-refractivity contribution in [3.8, 4) is 0 Å². The average molecular weight is 334 g/mol. The summed E-state index contributed by atoms with van der Waals surface area (Å²) in [5.41, 5.74) is 2.97. The lowest BCUT2D eigenvalue weighted by atomic mass is 10.1.